The molecule has 2 aliphatic heterocycles. The van der Waals surface area contributed by atoms with Gasteiger partial charge in [0.1, 0.15) is 15.5 Å². The lowest BCUT2D eigenvalue weighted by Crippen LogP contribution is -2.45. The van der Waals surface area contributed by atoms with Crippen molar-refractivity contribution in [3.8, 4) is 5.75 Å². The molecule has 0 bridgehead atoms. The molecule has 1 saturated heterocycles. The topological polar surface area (TPSA) is 95.6 Å². The first-order valence-corrected chi connectivity index (χ1v) is 13.2. The molecule has 3 N–H and O–H groups in total. The highest BCUT2D eigenvalue weighted by molar-refractivity contribution is 7.21. The smallest absolute Gasteiger partial charge is 0.331 e. The van der Waals surface area contributed by atoms with Crippen LogP contribution in [0.15, 0.2) is 30.5 Å². The molecule has 1 saturated carbocycles. The van der Waals surface area contributed by atoms with Gasteiger partial charge in [0, 0.05) is 18.8 Å². The van der Waals surface area contributed by atoms with Crippen LogP contribution in [0.3, 0.4) is 0 Å². The fraction of sp³-hybridized carbons (Fsp3) is 0.423. The molecular formula is C26H29N5O3S. The number of hydrogen-bond donors (Lipinski definition) is 3. The van der Waals surface area contributed by atoms with E-state index in [2.05, 4.69) is 20.9 Å². The molecule has 0 radical (unpaired) electrons. The highest BCUT2D eigenvalue weighted by atomic mass is 32.1. The summed E-state index contributed by atoms with van der Waals surface area (Å²) in [5, 5.41) is 10.2. The number of rotatable bonds is 5. The Kier molecular flexibility index (Phi) is 5.82. The van der Waals surface area contributed by atoms with Crippen LogP contribution in [-0.2, 0) is 0 Å². The van der Waals surface area contributed by atoms with Crippen LogP contribution in [0.2, 0.25) is 0 Å². The highest BCUT2D eigenvalue weighted by Gasteiger charge is 2.34. The molecule has 3 amide bonds. The summed E-state index contributed by atoms with van der Waals surface area (Å²) < 4.78 is 6.15. The van der Waals surface area contributed by atoms with Gasteiger partial charge in [0.05, 0.1) is 28.6 Å². The van der Waals surface area contributed by atoms with Crippen LogP contribution in [-0.4, -0.2) is 42.2 Å². The zero-order chi connectivity index (χ0) is 23.9. The number of ether oxygens (including phenoxy) is 1. The van der Waals surface area contributed by atoms with Crippen LogP contribution in [0.5, 0.6) is 5.75 Å². The largest absolute Gasteiger partial charge is 0.490 e. The monoisotopic (exact) mass is 491 g/mol. The van der Waals surface area contributed by atoms with E-state index in [1.54, 1.807) is 11.1 Å². The average Bonchev–Trinajstić information content (AvgIpc) is 3.50. The van der Waals surface area contributed by atoms with Crippen molar-refractivity contribution in [2.24, 2.45) is 0 Å². The van der Waals surface area contributed by atoms with Crippen LogP contribution in [0.4, 0.5) is 21.9 Å². The quantitative estimate of drug-likeness (QED) is 0.462. The van der Waals surface area contributed by atoms with E-state index in [9.17, 15) is 9.59 Å². The number of amides is 3. The number of nitrogens with one attached hydrogen (secondary N) is 3. The lowest BCUT2D eigenvalue weighted by molar-refractivity contribution is 0.0935. The van der Waals surface area contributed by atoms with Crippen molar-refractivity contribution < 1.29 is 14.3 Å². The normalized spacial score (nSPS) is 20.2. The lowest BCUT2D eigenvalue weighted by atomic mass is 10.1. The van der Waals surface area contributed by atoms with Crippen LogP contribution >= 0.6 is 11.3 Å². The van der Waals surface area contributed by atoms with Crippen molar-refractivity contribution in [1.29, 1.82) is 0 Å². The third kappa shape index (κ3) is 4.12. The summed E-state index contributed by atoms with van der Waals surface area (Å²) in [5.74, 6) is 0.670. The highest BCUT2D eigenvalue weighted by Crippen LogP contribution is 2.46. The van der Waals surface area contributed by atoms with Gasteiger partial charge >= 0.3 is 6.03 Å². The van der Waals surface area contributed by atoms with E-state index >= 15 is 0 Å². The molecule has 1 unspecified atom stereocenters. The summed E-state index contributed by atoms with van der Waals surface area (Å²) >= 11 is 1.32. The molecule has 9 heteroatoms. The second-order valence-electron chi connectivity index (χ2n) is 9.57. The Morgan fingerprint density at radius 1 is 1.17 bits per heavy atom. The summed E-state index contributed by atoms with van der Waals surface area (Å²) in [4.78, 5) is 34.0. The first-order chi connectivity index (χ1) is 17.1. The Hall–Kier alpha value is -3.17. The summed E-state index contributed by atoms with van der Waals surface area (Å²) in [6.45, 7) is 3.73. The molecule has 1 aliphatic carbocycles. The number of benzene rings is 1. The fourth-order valence-electron chi connectivity index (χ4n) is 5.36. The molecule has 1 aromatic carbocycles. The fourth-order valence-corrected chi connectivity index (χ4v) is 6.38. The van der Waals surface area contributed by atoms with E-state index in [0.29, 0.717) is 10.6 Å². The van der Waals surface area contributed by atoms with E-state index in [1.807, 2.05) is 31.2 Å². The van der Waals surface area contributed by atoms with Gasteiger partial charge in [-0.15, -0.1) is 11.3 Å². The zero-order valence-corrected chi connectivity index (χ0v) is 20.5. The standard InChI is InChI=1S/C26H29N5O3S/c1-15-13-18(34-17-6-2-3-7-17)8-9-19(15)31-20-10-12-28-25-21(20)22(30-26(31)33)23(35-25)24(32)29-16-5-4-11-27-14-16/h8-10,12-13,16-17,27H,2-7,11,14H2,1H3,(H,29,32)(H,30,33). The molecule has 35 heavy (non-hydrogen) atoms. The minimum Gasteiger partial charge on any atom is -0.490 e. The molecule has 182 valence electrons. The average molecular weight is 492 g/mol. The van der Waals surface area contributed by atoms with Gasteiger partial charge in [-0.3, -0.25) is 9.69 Å². The number of carbonyl (C=O) groups excluding carboxylic acids is 2. The molecule has 8 nitrogen and oxygen atoms in total. The van der Waals surface area contributed by atoms with E-state index < -0.39 is 0 Å². The van der Waals surface area contributed by atoms with E-state index in [1.165, 1.54) is 24.2 Å². The number of thiophene rings is 1. The van der Waals surface area contributed by atoms with Gasteiger partial charge in [-0.05, 0) is 81.8 Å². The molecule has 2 fully saturated rings. The maximum Gasteiger partial charge on any atom is 0.331 e. The van der Waals surface area contributed by atoms with Crippen molar-refractivity contribution in [1.82, 2.24) is 15.6 Å². The SMILES string of the molecule is Cc1cc(OC2CCCC2)ccc1N1C(=O)Nc2c(C(=O)NC3CCCNC3)sc3nccc1c23. The summed E-state index contributed by atoms with van der Waals surface area (Å²) in [6, 6.07) is 7.51. The van der Waals surface area contributed by atoms with Gasteiger partial charge in [0.25, 0.3) is 5.91 Å². The van der Waals surface area contributed by atoms with Crippen LogP contribution in [0, 0.1) is 6.92 Å². The predicted molar refractivity (Wildman–Crippen MR) is 138 cm³/mol. The van der Waals surface area contributed by atoms with Crippen molar-refractivity contribution in [2.45, 2.75) is 57.6 Å². The first-order valence-electron chi connectivity index (χ1n) is 12.4. The Labute approximate surface area is 208 Å². The summed E-state index contributed by atoms with van der Waals surface area (Å²) in [6.07, 6.45) is 8.58. The Morgan fingerprint density at radius 3 is 2.80 bits per heavy atom. The third-order valence-electron chi connectivity index (χ3n) is 7.10. The minimum atomic E-state index is -0.288. The van der Waals surface area contributed by atoms with Gasteiger partial charge in [-0.2, -0.15) is 0 Å². The predicted octanol–water partition coefficient (Wildman–Crippen LogP) is 5.09. The van der Waals surface area contributed by atoms with Gasteiger partial charge in [0.15, 0.2) is 0 Å². The molecule has 3 aliphatic rings. The zero-order valence-electron chi connectivity index (χ0n) is 19.7. The number of anilines is 3. The second kappa shape index (κ2) is 9.13. The van der Waals surface area contributed by atoms with E-state index in [-0.39, 0.29) is 24.1 Å². The first kappa shape index (κ1) is 22.3. The molecule has 0 spiro atoms. The molecule has 6 rings (SSSR count). The van der Waals surface area contributed by atoms with Crippen LogP contribution in [0.25, 0.3) is 10.2 Å². The Balaban J connectivity index is 1.33. The van der Waals surface area contributed by atoms with Gasteiger partial charge < -0.3 is 20.7 Å². The number of nitrogens with zero attached hydrogens (tertiary/aromatic N) is 2. The lowest BCUT2D eigenvalue weighted by Gasteiger charge is -2.30. The van der Waals surface area contributed by atoms with Gasteiger partial charge in [-0.1, -0.05) is 0 Å². The Bertz CT molecular complexity index is 1290. The van der Waals surface area contributed by atoms with E-state index in [4.69, 9.17) is 4.74 Å². The number of piperidine rings is 1. The maximum atomic E-state index is 13.4. The van der Waals surface area contributed by atoms with Crippen LogP contribution < -0.4 is 25.6 Å². The van der Waals surface area contributed by atoms with Crippen molar-refractivity contribution in [3.05, 3.63) is 40.9 Å². The maximum absolute atomic E-state index is 13.4. The van der Waals surface area contributed by atoms with Gasteiger partial charge in [-0.25, -0.2) is 9.78 Å². The second-order valence-corrected chi connectivity index (χ2v) is 10.6. The van der Waals surface area contributed by atoms with E-state index in [0.717, 1.165) is 71.7 Å². The number of urea groups is 1. The number of hydrogen-bond acceptors (Lipinski definition) is 6. The van der Waals surface area contributed by atoms with Crippen molar-refractivity contribution in [3.63, 3.8) is 0 Å². The number of aryl methyl sites for hydroxylation is 1. The Morgan fingerprint density at radius 2 is 2.03 bits per heavy atom. The number of aromatic nitrogens is 1. The third-order valence-corrected chi connectivity index (χ3v) is 8.19. The van der Waals surface area contributed by atoms with Crippen molar-refractivity contribution in [2.75, 3.05) is 23.3 Å². The van der Waals surface area contributed by atoms with Crippen LogP contribution in [0.1, 0.15) is 53.8 Å². The number of carbonyl (C=O) groups is 2. The molecular weight excluding hydrogens is 462 g/mol. The number of pyridine rings is 1. The molecule has 2 aromatic heterocycles. The summed E-state index contributed by atoms with van der Waals surface area (Å²) in [5.41, 5.74) is 3.01. The summed E-state index contributed by atoms with van der Waals surface area (Å²) in [7, 11) is 0. The molecule has 1 atom stereocenters. The molecule has 3 aromatic rings. The minimum absolute atomic E-state index is 0.0875. The van der Waals surface area contributed by atoms with Gasteiger partial charge in [0.2, 0.25) is 0 Å². The van der Waals surface area contributed by atoms with Crippen molar-refractivity contribution >= 4 is 50.6 Å². The molecule has 4 heterocycles.